The highest BCUT2D eigenvalue weighted by atomic mass is 32.1. The van der Waals surface area contributed by atoms with Gasteiger partial charge in [-0.05, 0) is 36.4 Å². The van der Waals surface area contributed by atoms with Gasteiger partial charge < -0.3 is 16.2 Å². The monoisotopic (exact) mass is 314 g/mol. The lowest BCUT2D eigenvalue weighted by atomic mass is 10.1. The second-order valence-corrected chi connectivity index (χ2v) is 5.96. The Hall–Kier alpha value is -2.44. The fraction of sp³-hybridized carbons (Fsp3) is 0.125. The van der Waals surface area contributed by atoms with Crippen molar-refractivity contribution < 1.29 is 9.90 Å². The molecule has 1 aromatic heterocycles. The molecule has 1 heterocycles. The van der Waals surface area contributed by atoms with Gasteiger partial charge in [-0.3, -0.25) is 4.79 Å². The highest BCUT2D eigenvalue weighted by Gasteiger charge is 2.10. The summed E-state index contributed by atoms with van der Waals surface area (Å²) in [5, 5.41) is 13.4. The van der Waals surface area contributed by atoms with Crippen LogP contribution in [-0.4, -0.2) is 24.2 Å². The minimum Gasteiger partial charge on any atom is -0.478 e. The summed E-state index contributed by atoms with van der Waals surface area (Å²) in [4.78, 5) is 23.6. The number of carboxylic acids is 1. The maximum absolute atomic E-state index is 12.6. The van der Waals surface area contributed by atoms with Gasteiger partial charge >= 0.3 is 5.97 Å². The minimum atomic E-state index is -0.997. The molecule has 0 spiro atoms. The molecule has 0 atom stereocenters. The van der Waals surface area contributed by atoms with E-state index in [0.29, 0.717) is 28.6 Å². The Morgan fingerprint density at radius 1 is 1.14 bits per heavy atom. The van der Waals surface area contributed by atoms with Gasteiger partial charge in [0.1, 0.15) is 0 Å². The third-order valence-corrected chi connectivity index (χ3v) is 4.52. The molecule has 5 nitrogen and oxygen atoms in total. The fourth-order valence-electron chi connectivity index (χ4n) is 2.31. The van der Waals surface area contributed by atoms with E-state index < -0.39 is 5.97 Å². The van der Waals surface area contributed by atoms with E-state index in [1.54, 1.807) is 12.1 Å². The van der Waals surface area contributed by atoms with Crippen LogP contribution in [0.5, 0.6) is 0 Å². The SMILES string of the molecule is NCCNc1ccc2sc3cc(C(=O)O)ccc3c(=O)c2c1. The molecule has 22 heavy (non-hydrogen) atoms. The molecule has 4 N–H and O–H groups in total. The van der Waals surface area contributed by atoms with Gasteiger partial charge in [0.2, 0.25) is 0 Å². The van der Waals surface area contributed by atoms with Crippen molar-refractivity contribution in [1.29, 1.82) is 0 Å². The number of anilines is 1. The van der Waals surface area contributed by atoms with Crippen molar-refractivity contribution in [2.75, 3.05) is 18.4 Å². The largest absolute Gasteiger partial charge is 0.478 e. The van der Waals surface area contributed by atoms with Crippen LogP contribution in [0.1, 0.15) is 10.4 Å². The summed E-state index contributed by atoms with van der Waals surface area (Å²) in [5.41, 5.74) is 6.41. The van der Waals surface area contributed by atoms with E-state index in [9.17, 15) is 9.59 Å². The molecule has 0 saturated carbocycles. The lowest BCUT2D eigenvalue weighted by molar-refractivity contribution is 0.0697. The van der Waals surface area contributed by atoms with E-state index >= 15 is 0 Å². The first-order valence-corrected chi connectivity index (χ1v) is 7.59. The Morgan fingerprint density at radius 2 is 1.95 bits per heavy atom. The highest BCUT2D eigenvalue weighted by molar-refractivity contribution is 7.24. The maximum atomic E-state index is 12.6. The van der Waals surface area contributed by atoms with E-state index in [0.717, 1.165) is 10.4 Å². The minimum absolute atomic E-state index is 0.0860. The molecule has 0 radical (unpaired) electrons. The van der Waals surface area contributed by atoms with Crippen molar-refractivity contribution >= 4 is 43.2 Å². The first-order valence-electron chi connectivity index (χ1n) is 6.78. The summed E-state index contributed by atoms with van der Waals surface area (Å²) in [6.45, 7) is 1.15. The molecule has 112 valence electrons. The molecule has 6 heteroatoms. The summed E-state index contributed by atoms with van der Waals surface area (Å²) in [6, 6.07) is 10.2. The van der Waals surface area contributed by atoms with Crippen molar-refractivity contribution in [2.24, 2.45) is 5.73 Å². The summed E-state index contributed by atoms with van der Waals surface area (Å²) >= 11 is 1.41. The average Bonchev–Trinajstić information content (AvgIpc) is 2.52. The summed E-state index contributed by atoms with van der Waals surface area (Å²) < 4.78 is 1.51. The standard InChI is InChI=1S/C16H14N2O3S/c17-5-6-18-10-2-4-13-12(8-10)15(19)11-3-1-9(16(20)21)7-14(11)22-13/h1-4,7-8,18H,5-6,17H2,(H,20,21). The summed E-state index contributed by atoms with van der Waals surface area (Å²) in [7, 11) is 0. The number of rotatable bonds is 4. The quantitative estimate of drug-likeness (QED) is 0.643. The zero-order valence-electron chi connectivity index (χ0n) is 11.6. The van der Waals surface area contributed by atoms with Crippen LogP contribution in [0.3, 0.4) is 0 Å². The first-order chi connectivity index (χ1) is 10.6. The van der Waals surface area contributed by atoms with Gasteiger partial charge in [0.05, 0.1) is 5.56 Å². The highest BCUT2D eigenvalue weighted by Crippen LogP contribution is 2.27. The number of benzene rings is 2. The predicted molar refractivity (Wildman–Crippen MR) is 90.1 cm³/mol. The number of hydrogen-bond acceptors (Lipinski definition) is 5. The van der Waals surface area contributed by atoms with E-state index in [1.165, 1.54) is 17.4 Å². The number of aromatic carboxylic acids is 1. The molecule has 0 aliphatic carbocycles. The smallest absolute Gasteiger partial charge is 0.335 e. The summed E-state index contributed by atoms with van der Waals surface area (Å²) in [6.07, 6.45) is 0. The van der Waals surface area contributed by atoms with Gasteiger partial charge in [0.25, 0.3) is 0 Å². The Labute approximate surface area is 130 Å². The van der Waals surface area contributed by atoms with Crippen molar-refractivity contribution in [1.82, 2.24) is 0 Å². The molecule has 0 saturated heterocycles. The van der Waals surface area contributed by atoms with Crippen molar-refractivity contribution in [3.63, 3.8) is 0 Å². The fourth-order valence-corrected chi connectivity index (χ4v) is 3.41. The Balaban J connectivity index is 2.22. The molecule has 0 bridgehead atoms. The lowest BCUT2D eigenvalue weighted by Crippen LogP contribution is -2.13. The molecule has 2 aromatic carbocycles. The lowest BCUT2D eigenvalue weighted by Gasteiger charge is -2.07. The van der Waals surface area contributed by atoms with Gasteiger partial charge in [-0.15, -0.1) is 11.3 Å². The van der Waals surface area contributed by atoms with Crippen LogP contribution in [-0.2, 0) is 0 Å². The molecule has 0 fully saturated rings. The van der Waals surface area contributed by atoms with Crippen molar-refractivity contribution in [2.45, 2.75) is 0 Å². The van der Waals surface area contributed by atoms with E-state index in [2.05, 4.69) is 5.32 Å². The number of fused-ring (bicyclic) bond motifs is 2. The van der Waals surface area contributed by atoms with Crippen LogP contribution in [0.2, 0.25) is 0 Å². The Bertz CT molecular complexity index is 934. The number of carboxylic acid groups (broad SMARTS) is 1. The average molecular weight is 314 g/mol. The molecule has 3 rings (SSSR count). The van der Waals surface area contributed by atoms with Crippen LogP contribution in [0.25, 0.3) is 20.2 Å². The first kappa shape index (κ1) is 14.5. The normalized spacial score (nSPS) is 11.0. The Morgan fingerprint density at radius 3 is 2.68 bits per heavy atom. The Kier molecular flexibility index (Phi) is 3.79. The van der Waals surface area contributed by atoms with Gasteiger partial charge in [-0.2, -0.15) is 0 Å². The third kappa shape index (κ3) is 2.54. The van der Waals surface area contributed by atoms with Gasteiger partial charge in [0, 0.05) is 38.9 Å². The second kappa shape index (κ2) is 5.75. The number of carbonyl (C=O) groups is 1. The number of nitrogens with two attached hydrogens (primary N) is 1. The zero-order chi connectivity index (χ0) is 15.7. The van der Waals surface area contributed by atoms with E-state index in [-0.39, 0.29) is 11.0 Å². The number of nitrogens with one attached hydrogen (secondary N) is 1. The third-order valence-electron chi connectivity index (χ3n) is 3.39. The van der Waals surface area contributed by atoms with Crippen LogP contribution in [0.4, 0.5) is 5.69 Å². The summed E-state index contributed by atoms with van der Waals surface area (Å²) in [5.74, 6) is -0.997. The van der Waals surface area contributed by atoms with Gasteiger partial charge in [0.15, 0.2) is 5.43 Å². The molecule has 0 aliphatic rings. The van der Waals surface area contributed by atoms with Crippen molar-refractivity contribution in [3.8, 4) is 0 Å². The maximum Gasteiger partial charge on any atom is 0.335 e. The second-order valence-electron chi connectivity index (χ2n) is 4.87. The molecule has 0 aliphatic heterocycles. The van der Waals surface area contributed by atoms with Crippen molar-refractivity contribution in [3.05, 3.63) is 52.2 Å². The van der Waals surface area contributed by atoms with Crippen LogP contribution < -0.4 is 16.5 Å². The van der Waals surface area contributed by atoms with Crippen LogP contribution in [0.15, 0.2) is 41.2 Å². The molecular weight excluding hydrogens is 300 g/mol. The van der Waals surface area contributed by atoms with E-state index in [1.807, 2.05) is 18.2 Å². The van der Waals surface area contributed by atoms with Gasteiger partial charge in [-0.25, -0.2) is 4.79 Å². The topological polar surface area (TPSA) is 92.4 Å². The van der Waals surface area contributed by atoms with Crippen LogP contribution in [0, 0.1) is 0 Å². The van der Waals surface area contributed by atoms with Gasteiger partial charge in [-0.1, -0.05) is 0 Å². The molecule has 0 amide bonds. The molecular formula is C16H14N2O3S. The molecule has 3 aromatic rings. The molecule has 0 unspecified atom stereocenters. The number of hydrogen-bond donors (Lipinski definition) is 3. The predicted octanol–water partition coefficient (Wildman–Crippen LogP) is 2.48. The zero-order valence-corrected chi connectivity index (χ0v) is 12.4. The van der Waals surface area contributed by atoms with E-state index in [4.69, 9.17) is 10.8 Å². The van der Waals surface area contributed by atoms with Crippen LogP contribution >= 0.6 is 11.3 Å².